The Kier molecular flexibility index (Phi) is 11.2. The van der Waals surface area contributed by atoms with Crippen LogP contribution in [0, 0.1) is 29.6 Å². The highest BCUT2D eigenvalue weighted by atomic mass is 16.5. The highest BCUT2D eigenvalue weighted by Crippen LogP contribution is 2.32. The van der Waals surface area contributed by atoms with E-state index in [1.807, 2.05) is 0 Å². The van der Waals surface area contributed by atoms with Crippen molar-refractivity contribution in [3.63, 3.8) is 0 Å². The topological polar surface area (TPSA) is 29.5 Å². The largest absolute Gasteiger partial charge is 0.396 e. The summed E-state index contributed by atoms with van der Waals surface area (Å²) in [4.78, 5) is 0. The van der Waals surface area contributed by atoms with Crippen LogP contribution < -0.4 is 0 Å². The summed E-state index contributed by atoms with van der Waals surface area (Å²) in [7, 11) is 0. The van der Waals surface area contributed by atoms with E-state index in [9.17, 15) is 5.11 Å². The second-order valence-electron chi connectivity index (χ2n) is 10.5. The van der Waals surface area contributed by atoms with Gasteiger partial charge in [-0.1, -0.05) is 64.5 Å². The van der Waals surface area contributed by atoms with Gasteiger partial charge in [-0.05, 0) is 81.5 Å². The van der Waals surface area contributed by atoms with Gasteiger partial charge >= 0.3 is 0 Å². The van der Waals surface area contributed by atoms with Crippen LogP contribution in [-0.4, -0.2) is 24.4 Å². The van der Waals surface area contributed by atoms with Crippen molar-refractivity contribution in [3.8, 4) is 0 Å². The van der Waals surface area contributed by atoms with Crippen molar-refractivity contribution in [3.05, 3.63) is 11.6 Å². The van der Waals surface area contributed by atoms with Gasteiger partial charge in [0.15, 0.2) is 0 Å². The predicted octanol–water partition coefficient (Wildman–Crippen LogP) is 7.16. The molecule has 1 N–H and O–H groups in total. The molecule has 2 heteroatoms. The Labute approximate surface area is 175 Å². The monoisotopic (exact) mass is 392 g/mol. The van der Waals surface area contributed by atoms with Gasteiger partial charge in [0.25, 0.3) is 0 Å². The second kappa shape index (κ2) is 13.1. The second-order valence-corrected chi connectivity index (χ2v) is 10.5. The molecule has 3 aliphatic rings. The molecule has 2 fully saturated rings. The lowest BCUT2D eigenvalue weighted by molar-refractivity contribution is -0.0173. The van der Waals surface area contributed by atoms with Gasteiger partial charge in [-0.25, -0.2) is 0 Å². The Morgan fingerprint density at radius 1 is 0.964 bits per heavy atom. The van der Waals surface area contributed by atoms with Gasteiger partial charge in [0.1, 0.15) is 0 Å². The van der Waals surface area contributed by atoms with E-state index >= 15 is 0 Å². The Morgan fingerprint density at radius 2 is 1.61 bits per heavy atom. The van der Waals surface area contributed by atoms with E-state index in [2.05, 4.69) is 33.8 Å². The first-order chi connectivity index (χ1) is 13.5. The maximum absolute atomic E-state index is 9.66. The zero-order valence-electron chi connectivity index (χ0n) is 19.3. The molecule has 0 aromatic rings. The Hall–Kier alpha value is -0.340. The van der Waals surface area contributed by atoms with Crippen LogP contribution in [0.3, 0.4) is 0 Å². The van der Waals surface area contributed by atoms with Crippen LogP contribution >= 0.6 is 0 Å². The molecule has 3 rings (SSSR count). The molecule has 0 spiro atoms. The van der Waals surface area contributed by atoms with E-state index in [4.69, 9.17) is 4.74 Å². The fourth-order valence-electron chi connectivity index (χ4n) is 5.09. The third-order valence-electron chi connectivity index (χ3n) is 7.58. The summed E-state index contributed by atoms with van der Waals surface area (Å²) in [5.74, 6) is 3.99. The molecule has 1 saturated heterocycles. The van der Waals surface area contributed by atoms with E-state index in [1.54, 1.807) is 0 Å². The molecular formula is C26H48O2. The minimum atomic E-state index is 0.361. The quantitative estimate of drug-likeness (QED) is 0.486. The normalized spacial score (nSPS) is 34.8. The van der Waals surface area contributed by atoms with Crippen LogP contribution in [0.1, 0.15) is 105 Å². The Morgan fingerprint density at radius 3 is 2.11 bits per heavy atom. The van der Waals surface area contributed by atoms with Crippen molar-refractivity contribution in [1.29, 1.82) is 0 Å². The summed E-state index contributed by atoms with van der Waals surface area (Å²) in [6.07, 6.45) is 18.5. The lowest BCUT2D eigenvalue weighted by Crippen LogP contribution is -2.25. The lowest BCUT2D eigenvalue weighted by Gasteiger charge is -2.30. The molecule has 164 valence electrons. The summed E-state index contributed by atoms with van der Waals surface area (Å²) in [6, 6.07) is 0. The first kappa shape index (κ1) is 23.9. The van der Waals surface area contributed by atoms with Crippen LogP contribution in [0.2, 0.25) is 0 Å². The molecule has 0 amide bonds. The van der Waals surface area contributed by atoms with Gasteiger partial charge in [0.2, 0.25) is 0 Å². The van der Waals surface area contributed by atoms with Gasteiger partial charge in [0.05, 0.1) is 6.10 Å². The summed E-state index contributed by atoms with van der Waals surface area (Å²) >= 11 is 0. The minimum Gasteiger partial charge on any atom is -0.396 e. The van der Waals surface area contributed by atoms with Crippen molar-refractivity contribution in [2.75, 3.05) is 13.2 Å². The minimum absolute atomic E-state index is 0.361. The molecule has 4 unspecified atom stereocenters. The van der Waals surface area contributed by atoms with Crippen molar-refractivity contribution >= 4 is 0 Å². The third kappa shape index (κ3) is 8.99. The Balaban J connectivity index is 0.000000292. The molecule has 2 nitrogen and oxygen atoms in total. The van der Waals surface area contributed by atoms with E-state index in [-0.39, 0.29) is 0 Å². The predicted molar refractivity (Wildman–Crippen MR) is 120 cm³/mol. The summed E-state index contributed by atoms with van der Waals surface area (Å²) < 4.78 is 5.89. The van der Waals surface area contributed by atoms with Crippen LogP contribution in [0.25, 0.3) is 0 Å². The third-order valence-corrected chi connectivity index (χ3v) is 7.58. The molecule has 1 saturated carbocycles. The van der Waals surface area contributed by atoms with Crippen LogP contribution in [0.15, 0.2) is 11.6 Å². The average Bonchev–Trinajstić information content (AvgIpc) is 2.70. The first-order valence-electron chi connectivity index (χ1n) is 12.4. The van der Waals surface area contributed by atoms with Gasteiger partial charge in [0, 0.05) is 13.2 Å². The fraction of sp³-hybridized carbons (Fsp3) is 0.923. The fourth-order valence-corrected chi connectivity index (χ4v) is 5.09. The summed E-state index contributed by atoms with van der Waals surface area (Å²) in [6.45, 7) is 10.5. The SMILES string of the molecule is CC1=CCC(C(CO)CCCC2CCC(C)CO2)CC1.CC1CCC(C)CC1. The lowest BCUT2D eigenvalue weighted by atomic mass is 9.79. The number of ether oxygens (including phenoxy) is 1. The van der Waals surface area contributed by atoms with Crippen molar-refractivity contribution in [2.45, 2.75) is 111 Å². The molecule has 0 radical (unpaired) electrons. The molecule has 0 bridgehead atoms. The number of rotatable bonds is 6. The van der Waals surface area contributed by atoms with E-state index in [0.717, 1.165) is 24.4 Å². The maximum Gasteiger partial charge on any atom is 0.0575 e. The Bertz CT molecular complexity index is 418. The van der Waals surface area contributed by atoms with Gasteiger partial charge in [-0.15, -0.1) is 0 Å². The van der Waals surface area contributed by atoms with Gasteiger partial charge in [-0.2, -0.15) is 0 Å². The first-order valence-corrected chi connectivity index (χ1v) is 12.4. The standard InChI is InChI=1S/C18H32O2.C8H16/c1-14-6-9-16(10-7-14)17(12-19)4-3-5-18-11-8-15(2)13-20-18;1-7-3-5-8(2)6-4-7/h6,15-19H,3-5,7-13H2,1-2H3;7-8H,3-6H2,1-2H3. The van der Waals surface area contributed by atoms with Crippen LogP contribution in [-0.2, 0) is 4.74 Å². The number of hydrogen-bond donors (Lipinski definition) is 1. The molecule has 1 aliphatic heterocycles. The highest BCUT2D eigenvalue weighted by molar-refractivity contribution is 5.03. The van der Waals surface area contributed by atoms with E-state index in [0.29, 0.717) is 24.5 Å². The number of aliphatic hydroxyl groups is 1. The number of hydrogen-bond acceptors (Lipinski definition) is 2. The molecule has 0 aromatic carbocycles. The van der Waals surface area contributed by atoms with Gasteiger partial charge in [-0.3, -0.25) is 0 Å². The summed E-state index contributed by atoms with van der Waals surface area (Å²) in [5, 5.41) is 9.66. The van der Waals surface area contributed by atoms with Gasteiger partial charge < -0.3 is 9.84 Å². The zero-order valence-corrected chi connectivity index (χ0v) is 19.3. The average molecular weight is 393 g/mol. The highest BCUT2D eigenvalue weighted by Gasteiger charge is 2.23. The van der Waals surface area contributed by atoms with E-state index in [1.165, 1.54) is 82.6 Å². The molecule has 1 heterocycles. The number of aliphatic hydroxyl groups excluding tert-OH is 1. The van der Waals surface area contributed by atoms with Crippen molar-refractivity contribution in [2.24, 2.45) is 29.6 Å². The molecular weight excluding hydrogens is 344 g/mol. The van der Waals surface area contributed by atoms with Crippen LogP contribution in [0.4, 0.5) is 0 Å². The maximum atomic E-state index is 9.66. The molecule has 0 aromatic heterocycles. The van der Waals surface area contributed by atoms with Crippen molar-refractivity contribution in [1.82, 2.24) is 0 Å². The molecule has 4 atom stereocenters. The van der Waals surface area contributed by atoms with E-state index < -0.39 is 0 Å². The smallest absolute Gasteiger partial charge is 0.0575 e. The number of allylic oxidation sites excluding steroid dienone is 2. The van der Waals surface area contributed by atoms with Crippen molar-refractivity contribution < 1.29 is 9.84 Å². The summed E-state index contributed by atoms with van der Waals surface area (Å²) in [5.41, 5.74) is 1.53. The zero-order chi connectivity index (χ0) is 20.4. The molecule has 28 heavy (non-hydrogen) atoms. The molecule has 2 aliphatic carbocycles. The van der Waals surface area contributed by atoms with Crippen LogP contribution in [0.5, 0.6) is 0 Å².